The largest absolute Gasteiger partial charge is 0.352 e. The van der Waals surface area contributed by atoms with E-state index in [1.54, 1.807) is 16.7 Å². The highest BCUT2D eigenvalue weighted by molar-refractivity contribution is 6.30. The zero-order valence-corrected chi connectivity index (χ0v) is 20.6. The molecule has 4 aromatic rings. The lowest BCUT2D eigenvalue weighted by Gasteiger charge is -2.15. The molecule has 5 rings (SSSR count). The van der Waals surface area contributed by atoms with Gasteiger partial charge in [-0.15, -0.1) is 0 Å². The molecule has 1 saturated carbocycles. The van der Waals surface area contributed by atoms with Crippen LogP contribution in [-0.2, 0) is 6.54 Å². The number of carbonyl (C=O) groups excluding carboxylic acids is 1. The van der Waals surface area contributed by atoms with E-state index in [9.17, 15) is 9.59 Å². The number of aromatic nitrogens is 3. The summed E-state index contributed by atoms with van der Waals surface area (Å²) in [6.07, 6.45) is 7.35. The molecule has 0 atom stereocenters. The lowest BCUT2D eigenvalue weighted by molar-refractivity contribution is 0.0952. The summed E-state index contributed by atoms with van der Waals surface area (Å²) >= 11 is 6.05. The SMILES string of the molecule is CCCCCn1c(-c2ccc(C(=O)NCC3CC3)cc2)cc(=O)n2cc(-c3ccc(Cl)cc3)nc12. The van der Waals surface area contributed by atoms with E-state index in [0.29, 0.717) is 22.3 Å². The van der Waals surface area contributed by atoms with E-state index in [-0.39, 0.29) is 11.5 Å². The Bertz CT molecular complexity index is 1400. The molecule has 0 saturated heterocycles. The van der Waals surface area contributed by atoms with Gasteiger partial charge in [-0.25, -0.2) is 4.98 Å². The van der Waals surface area contributed by atoms with E-state index in [1.807, 2.05) is 48.5 Å². The van der Waals surface area contributed by atoms with Gasteiger partial charge in [0.25, 0.3) is 11.5 Å². The summed E-state index contributed by atoms with van der Waals surface area (Å²) in [6.45, 7) is 3.65. The second-order valence-corrected chi connectivity index (χ2v) is 9.70. The summed E-state index contributed by atoms with van der Waals surface area (Å²) in [6, 6.07) is 16.6. The smallest absolute Gasteiger partial charge is 0.259 e. The molecule has 0 bridgehead atoms. The number of halogens is 1. The first-order chi connectivity index (χ1) is 17.0. The second kappa shape index (κ2) is 10.1. The van der Waals surface area contributed by atoms with Gasteiger partial charge in [-0.1, -0.05) is 55.6 Å². The summed E-state index contributed by atoms with van der Waals surface area (Å²) < 4.78 is 3.72. The van der Waals surface area contributed by atoms with Crippen LogP contribution in [0.15, 0.2) is 65.6 Å². The number of hydrogen-bond donors (Lipinski definition) is 1. The van der Waals surface area contributed by atoms with Crippen molar-refractivity contribution in [3.8, 4) is 22.5 Å². The average Bonchev–Trinajstić information content (AvgIpc) is 3.60. The summed E-state index contributed by atoms with van der Waals surface area (Å²) in [5, 5.41) is 3.66. The van der Waals surface area contributed by atoms with Crippen LogP contribution in [0.3, 0.4) is 0 Å². The zero-order chi connectivity index (χ0) is 24.4. The molecule has 2 aromatic heterocycles. The molecule has 6 nitrogen and oxygen atoms in total. The Morgan fingerprint density at radius 1 is 1.06 bits per heavy atom. The summed E-state index contributed by atoms with van der Waals surface area (Å²) in [7, 11) is 0. The first-order valence-electron chi connectivity index (χ1n) is 12.3. The monoisotopic (exact) mass is 488 g/mol. The second-order valence-electron chi connectivity index (χ2n) is 9.26. The predicted octanol–water partition coefficient (Wildman–Crippen LogP) is 5.81. The Morgan fingerprint density at radius 2 is 1.77 bits per heavy atom. The fraction of sp³-hybridized carbons (Fsp3) is 0.321. The van der Waals surface area contributed by atoms with E-state index < -0.39 is 0 Å². The number of benzene rings is 2. The van der Waals surface area contributed by atoms with E-state index in [2.05, 4.69) is 16.8 Å². The van der Waals surface area contributed by atoms with Crippen molar-refractivity contribution in [2.45, 2.75) is 45.6 Å². The van der Waals surface area contributed by atoms with Gasteiger partial charge in [0.15, 0.2) is 0 Å². The Balaban J connectivity index is 1.53. The Labute approximate surface area is 209 Å². The number of nitrogens with zero attached hydrogens (tertiary/aromatic N) is 3. The van der Waals surface area contributed by atoms with Crippen LogP contribution in [0.5, 0.6) is 0 Å². The van der Waals surface area contributed by atoms with Crippen molar-refractivity contribution >= 4 is 23.3 Å². The minimum atomic E-state index is -0.138. The minimum absolute atomic E-state index is 0.0555. The molecule has 0 aliphatic heterocycles. The van der Waals surface area contributed by atoms with Crippen molar-refractivity contribution < 1.29 is 4.79 Å². The van der Waals surface area contributed by atoms with E-state index in [0.717, 1.165) is 54.9 Å². The quantitative estimate of drug-likeness (QED) is 0.302. The van der Waals surface area contributed by atoms with Crippen molar-refractivity contribution in [2.24, 2.45) is 5.92 Å². The summed E-state index contributed by atoms with van der Waals surface area (Å²) in [5.74, 6) is 1.19. The van der Waals surface area contributed by atoms with E-state index in [4.69, 9.17) is 16.6 Å². The highest BCUT2D eigenvalue weighted by Gasteiger charge is 2.22. The molecular weight excluding hydrogens is 460 g/mol. The van der Waals surface area contributed by atoms with E-state index >= 15 is 0 Å². The van der Waals surface area contributed by atoms with Gasteiger partial charge in [0, 0.05) is 41.5 Å². The van der Waals surface area contributed by atoms with E-state index in [1.165, 1.54) is 12.8 Å². The molecule has 180 valence electrons. The number of amides is 1. The maximum Gasteiger partial charge on any atom is 0.259 e. The van der Waals surface area contributed by atoms with Crippen molar-refractivity contribution in [3.63, 3.8) is 0 Å². The third-order valence-corrected chi connectivity index (χ3v) is 6.79. The average molecular weight is 489 g/mol. The number of hydrogen-bond acceptors (Lipinski definition) is 3. The first-order valence-corrected chi connectivity index (χ1v) is 12.7. The number of rotatable bonds is 9. The molecule has 1 fully saturated rings. The molecule has 1 aliphatic rings. The highest BCUT2D eigenvalue weighted by Crippen LogP contribution is 2.28. The van der Waals surface area contributed by atoms with Gasteiger partial charge >= 0.3 is 0 Å². The van der Waals surface area contributed by atoms with Crippen molar-refractivity contribution in [3.05, 3.63) is 81.7 Å². The molecule has 1 aliphatic carbocycles. The third-order valence-electron chi connectivity index (χ3n) is 6.53. The molecule has 35 heavy (non-hydrogen) atoms. The van der Waals surface area contributed by atoms with Crippen LogP contribution in [0.1, 0.15) is 49.4 Å². The number of imidazole rings is 1. The maximum atomic E-state index is 13.1. The number of carbonyl (C=O) groups is 1. The number of aryl methyl sites for hydroxylation is 1. The molecule has 2 aromatic carbocycles. The van der Waals surface area contributed by atoms with Crippen LogP contribution in [0.25, 0.3) is 28.3 Å². The van der Waals surface area contributed by atoms with Crippen LogP contribution in [-0.4, -0.2) is 26.4 Å². The van der Waals surface area contributed by atoms with Crippen LogP contribution >= 0.6 is 11.6 Å². The van der Waals surface area contributed by atoms with Crippen LogP contribution in [0.2, 0.25) is 5.02 Å². The lowest BCUT2D eigenvalue weighted by Crippen LogP contribution is -2.25. The summed E-state index contributed by atoms with van der Waals surface area (Å²) in [4.78, 5) is 30.4. The number of nitrogens with one attached hydrogen (secondary N) is 1. The van der Waals surface area contributed by atoms with Gasteiger partial charge in [0.1, 0.15) is 0 Å². The number of unbranched alkanes of at least 4 members (excludes halogenated alkanes) is 2. The predicted molar refractivity (Wildman–Crippen MR) is 140 cm³/mol. The standard InChI is InChI=1S/C28H29ClN4O2/c1-2-3-4-15-32-25(21-7-9-22(10-8-21)27(35)30-17-19-5-6-19)16-26(34)33-18-24(31-28(32)33)20-11-13-23(29)14-12-20/h7-14,16,18-19H,2-6,15,17H2,1H3,(H,30,35). The molecule has 0 unspecified atom stereocenters. The molecule has 7 heteroatoms. The maximum absolute atomic E-state index is 13.1. The molecule has 0 spiro atoms. The van der Waals surface area contributed by atoms with Crippen LogP contribution in [0, 0.1) is 5.92 Å². The zero-order valence-electron chi connectivity index (χ0n) is 19.8. The first kappa shape index (κ1) is 23.4. The minimum Gasteiger partial charge on any atom is -0.352 e. The fourth-order valence-electron chi connectivity index (χ4n) is 4.29. The van der Waals surface area contributed by atoms with Gasteiger partial charge in [-0.05, 0) is 55.0 Å². The topological polar surface area (TPSA) is 68.4 Å². The Morgan fingerprint density at radius 3 is 2.46 bits per heavy atom. The molecule has 0 radical (unpaired) electrons. The van der Waals surface area contributed by atoms with Crippen LogP contribution < -0.4 is 10.9 Å². The van der Waals surface area contributed by atoms with Crippen LogP contribution in [0.4, 0.5) is 0 Å². The molecule has 2 heterocycles. The molecule has 1 N–H and O–H groups in total. The van der Waals surface area contributed by atoms with Gasteiger partial charge in [-0.2, -0.15) is 0 Å². The van der Waals surface area contributed by atoms with Gasteiger partial charge in [0.05, 0.1) is 11.4 Å². The van der Waals surface area contributed by atoms with Crippen molar-refractivity contribution in [2.75, 3.05) is 6.54 Å². The van der Waals surface area contributed by atoms with Crippen molar-refractivity contribution in [1.29, 1.82) is 0 Å². The normalized spacial score (nSPS) is 13.3. The lowest BCUT2D eigenvalue weighted by atomic mass is 10.1. The van der Waals surface area contributed by atoms with Gasteiger partial charge < -0.3 is 9.88 Å². The fourth-order valence-corrected chi connectivity index (χ4v) is 4.41. The molecular formula is C28H29ClN4O2. The third kappa shape index (κ3) is 5.17. The molecule has 1 amide bonds. The highest BCUT2D eigenvalue weighted by atomic mass is 35.5. The Hall–Kier alpha value is -3.38. The Kier molecular flexibility index (Phi) is 6.73. The van der Waals surface area contributed by atoms with Gasteiger partial charge in [-0.3, -0.25) is 14.0 Å². The van der Waals surface area contributed by atoms with Crippen molar-refractivity contribution in [1.82, 2.24) is 19.3 Å². The summed E-state index contributed by atoms with van der Waals surface area (Å²) in [5.41, 5.74) is 3.80. The number of fused-ring (bicyclic) bond motifs is 1. The van der Waals surface area contributed by atoms with Gasteiger partial charge in [0.2, 0.25) is 5.78 Å².